The molecule has 1 aromatic heterocycles. The Bertz CT molecular complexity index is 1340. The minimum Gasteiger partial charge on any atom is -0.476 e. The second-order valence-corrected chi connectivity index (χ2v) is 11.5. The first-order valence-corrected chi connectivity index (χ1v) is 14.1. The summed E-state index contributed by atoms with van der Waals surface area (Å²) >= 11 is 1.47. The minimum atomic E-state index is -3.83. The molecule has 1 unspecified atom stereocenters. The number of sulfonamides is 1. The number of anilines is 2. The SMILES string of the molecule is CCCCC1CN(c2ccccc2)c2cc(SC)c(-c3nc(C(=O)O)cn3C)cc2S(=O)(=O)N1C. The van der Waals surface area contributed by atoms with Gasteiger partial charge in [-0.05, 0) is 36.9 Å². The molecule has 1 atom stereocenters. The van der Waals surface area contributed by atoms with Crippen molar-refractivity contribution in [1.29, 1.82) is 0 Å². The zero-order chi connectivity index (χ0) is 25.3. The second kappa shape index (κ2) is 10.0. The van der Waals surface area contributed by atoms with Crippen LogP contribution in [0.4, 0.5) is 11.4 Å². The molecular weight excluding hydrogens is 484 g/mol. The number of hydrogen-bond acceptors (Lipinski definition) is 6. The van der Waals surface area contributed by atoms with Gasteiger partial charge in [0.2, 0.25) is 10.0 Å². The summed E-state index contributed by atoms with van der Waals surface area (Å²) in [5.41, 5.74) is 2.03. The average Bonchev–Trinajstić information content (AvgIpc) is 3.22. The number of carbonyl (C=O) groups is 1. The number of rotatable bonds is 7. The molecule has 0 saturated carbocycles. The Hall–Kier alpha value is -2.82. The van der Waals surface area contributed by atoms with Gasteiger partial charge in [-0.2, -0.15) is 4.31 Å². The first kappa shape index (κ1) is 25.3. The highest BCUT2D eigenvalue weighted by molar-refractivity contribution is 7.98. The molecule has 1 aliphatic rings. The van der Waals surface area contributed by atoms with Crippen molar-refractivity contribution in [2.75, 3.05) is 24.7 Å². The van der Waals surface area contributed by atoms with Gasteiger partial charge in [0.05, 0.1) is 5.69 Å². The van der Waals surface area contributed by atoms with Crippen molar-refractivity contribution < 1.29 is 18.3 Å². The van der Waals surface area contributed by atoms with Crippen molar-refractivity contribution in [1.82, 2.24) is 13.9 Å². The van der Waals surface area contributed by atoms with E-state index < -0.39 is 16.0 Å². The largest absolute Gasteiger partial charge is 0.476 e. The molecule has 1 aliphatic heterocycles. The number of hydrogen-bond donors (Lipinski definition) is 1. The monoisotopic (exact) mass is 514 g/mol. The fourth-order valence-electron chi connectivity index (χ4n) is 4.47. The van der Waals surface area contributed by atoms with E-state index in [9.17, 15) is 18.3 Å². The zero-order valence-corrected chi connectivity index (χ0v) is 21.9. The topological polar surface area (TPSA) is 95.7 Å². The predicted molar refractivity (Wildman–Crippen MR) is 139 cm³/mol. The zero-order valence-electron chi connectivity index (χ0n) is 20.3. The Morgan fingerprint density at radius 2 is 1.91 bits per heavy atom. The molecular formula is C25H30N4O4S2. The van der Waals surface area contributed by atoms with Crippen LogP contribution in [0.3, 0.4) is 0 Å². The van der Waals surface area contributed by atoms with Gasteiger partial charge >= 0.3 is 5.97 Å². The molecule has 2 aromatic carbocycles. The Morgan fingerprint density at radius 3 is 2.51 bits per heavy atom. The van der Waals surface area contributed by atoms with Gasteiger partial charge in [-0.25, -0.2) is 18.2 Å². The van der Waals surface area contributed by atoms with E-state index in [1.165, 1.54) is 22.3 Å². The fraction of sp³-hybridized carbons (Fsp3) is 0.360. The van der Waals surface area contributed by atoms with Crippen molar-refractivity contribution in [2.45, 2.75) is 42.0 Å². The van der Waals surface area contributed by atoms with Gasteiger partial charge in [0.15, 0.2) is 5.69 Å². The lowest BCUT2D eigenvalue weighted by molar-refractivity contribution is 0.0691. The van der Waals surface area contributed by atoms with E-state index in [0.29, 0.717) is 23.6 Å². The number of thioether (sulfide) groups is 1. The Morgan fingerprint density at radius 1 is 1.20 bits per heavy atom. The Kier molecular flexibility index (Phi) is 7.25. The van der Waals surface area contributed by atoms with Gasteiger partial charge in [0, 0.05) is 49.0 Å². The molecule has 3 aromatic rings. The number of aryl methyl sites for hydroxylation is 1. The summed E-state index contributed by atoms with van der Waals surface area (Å²) in [5, 5.41) is 9.41. The van der Waals surface area contributed by atoms with E-state index in [-0.39, 0.29) is 16.6 Å². The van der Waals surface area contributed by atoms with Gasteiger partial charge in [-0.15, -0.1) is 11.8 Å². The molecule has 10 heteroatoms. The third kappa shape index (κ3) is 4.70. The number of fused-ring (bicyclic) bond motifs is 1. The van der Waals surface area contributed by atoms with E-state index in [1.54, 1.807) is 24.7 Å². The van der Waals surface area contributed by atoms with Crippen LogP contribution in [-0.4, -0.2) is 59.2 Å². The summed E-state index contributed by atoms with van der Waals surface area (Å²) in [6.45, 7) is 2.63. The first-order valence-electron chi connectivity index (χ1n) is 11.5. The molecule has 8 nitrogen and oxygen atoms in total. The summed E-state index contributed by atoms with van der Waals surface area (Å²) < 4.78 is 31.0. The highest BCUT2D eigenvalue weighted by Crippen LogP contribution is 2.43. The lowest BCUT2D eigenvalue weighted by atomic mass is 10.1. The lowest BCUT2D eigenvalue weighted by Crippen LogP contribution is -2.40. The van der Waals surface area contributed by atoms with E-state index >= 15 is 0 Å². The Labute approximate surface area is 210 Å². The lowest BCUT2D eigenvalue weighted by Gasteiger charge is -2.29. The molecule has 186 valence electrons. The summed E-state index contributed by atoms with van der Waals surface area (Å²) in [6, 6.07) is 13.2. The minimum absolute atomic E-state index is 0.0880. The number of imidazole rings is 1. The van der Waals surface area contributed by atoms with Crippen LogP contribution in [0.25, 0.3) is 11.4 Å². The molecule has 0 bridgehead atoms. The van der Waals surface area contributed by atoms with Crippen molar-refractivity contribution in [2.24, 2.45) is 7.05 Å². The maximum Gasteiger partial charge on any atom is 0.356 e. The number of aromatic nitrogens is 2. The van der Waals surface area contributed by atoms with Crippen molar-refractivity contribution in [3.63, 3.8) is 0 Å². The van der Waals surface area contributed by atoms with Gasteiger partial charge in [-0.1, -0.05) is 38.0 Å². The van der Waals surface area contributed by atoms with Crippen LogP contribution in [-0.2, 0) is 17.1 Å². The quantitative estimate of drug-likeness (QED) is 0.451. The smallest absolute Gasteiger partial charge is 0.356 e. The number of benzene rings is 2. The van der Waals surface area contributed by atoms with Crippen LogP contribution in [0, 0.1) is 0 Å². The average molecular weight is 515 g/mol. The number of aromatic carboxylic acids is 1. The normalized spacial score (nSPS) is 17.7. The highest BCUT2D eigenvalue weighted by Gasteiger charge is 2.37. The molecule has 0 saturated heterocycles. The maximum absolute atomic E-state index is 13.9. The molecule has 2 heterocycles. The molecule has 0 fully saturated rings. The molecule has 35 heavy (non-hydrogen) atoms. The van der Waals surface area contributed by atoms with Gasteiger partial charge in [0.25, 0.3) is 0 Å². The number of carboxylic acids is 1. The number of carboxylic acid groups (broad SMARTS) is 1. The highest BCUT2D eigenvalue weighted by atomic mass is 32.2. The van der Waals surface area contributed by atoms with Gasteiger partial charge < -0.3 is 14.6 Å². The van der Waals surface area contributed by atoms with E-state index in [0.717, 1.165) is 29.8 Å². The molecule has 0 aliphatic carbocycles. The molecule has 4 rings (SSSR count). The third-order valence-corrected chi connectivity index (χ3v) is 9.15. The summed E-state index contributed by atoms with van der Waals surface area (Å²) in [7, 11) is -0.464. The summed E-state index contributed by atoms with van der Waals surface area (Å²) in [6.07, 6.45) is 6.02. The standard InChI is InChI=1S/C25H30N4O4S2/c1-5-6-10-18-15-29(17-11-8-7-9-12-17)21-14-22(34-4)19(13-23(21)35(32,33)28(18)3)24-26-20(25(30)31)16-27(24)2/h7-9,11-14,16,18H,5-6,10,15H2,1-4H3,(H,30,31). The van der Waals surface area contributed by atoms with Crippen LogP contribution in [0.5, 0.6) is 0 Å². The van der Waals surface area contributed by atoms with Crippen molar-refractivity contribution in [3.05, 3.63) is 54.4 Å². The molecule has 1 N–H and O–H groups in total. The second-order valence-electron chi connectivity index (χ2n) is 8.65. The van der Waals surface area contributed by atoms with E-state index in [4.69, 9.17) is 0 Å². The van der Waals surface area contributed by atoms with Crippen LogP contribution in [0.15, 0.2) is 58.5 Å². The van der Waals surface area contributed by atoms with Crippen LogP contribution in [0.1, 0.15) is 36.7 Å². The predicted octanol–water partition coefficient (Wildman–Crippen LogP) is 4.84. The van der Waals surface area contributed by atoms with E-state index in [2.05, 4.69) is 16.8 Å². The van der Waals surface area contributed by atoms with Gasteiger partial charge in [-0.3, -0.25) is 0 Å². The molecule has 0 spiro atoms. The number of unbranched alkanes of at least 4 members (excludes halogenated alkanes) is 1. The Balaban J connectivity index is 1.98. The third-order valence-electron chi connectivity index (χ3n) is 6.43. The summed E-state index contributed by atoms with van der Waals surface area (Å²) in [5.74, 6) is -0.723. The van der Waals surface area contributed by atoms with Crippen molar-refractivity contribution >= 4 is 39.1 Å². The molecule has 0 amide bonds. The maximum atomic E-state index is 13.9. The summed E-state index contributed by atoms with van der Waals surface area (Å²) in [4.78, 5) is 18.9. The van der Waals surface area contributed by atoms with E-state index in [1.807, 2.05) is 42.7 Å². The van der Waals surface area contributed by atoms with Crippen molar-refractivity contribution in [3.8, 4) is 11.4 Å². The molecule has 0 radical (unpaired) electrons. The van der Waals surface area contributed by atoms with Crippen LogP contribution in [0.2, 0.25) is 0 Å². The number of para-hydroxylation sites is 1. The van der Waals surface area contributed by atoms with Crippen LogP contribution < -0.4 is 4.90 Å². The van der Waals surface area contributed by atoms with Gasteiger partial charge in [0.1, 0.15) is 10.7 Å². The fourth-order valence-corrected chi connectivity index (χ4v) is 6.65. The number of likely N-dealkylation sites (N-methyl/N-ethyl adjacent to an activating group) is 1. The number of nitrogens with zero attached hydrogens (tertiary/aromatic N) is 4. The van der Waals surface area contributed by atoms with Crippen LogP contribution >= 0.6 is 11.8 Å². The first-order chi connectivity index (χ1) is 16.7.